The summed E-state index contributed by atoms with van der Waals surface area (Å²) in [5.74, 6) is 0.893. The van der Waals surface area contributed by atoms with Crippen molar-refractivity contribution in [3.05, 3.63) is 0 Å². The Balaban J connectivity index is 1.68. The molecule has 0 aromatic heterocycles. The number of nitrogens with zero attached hydrogens (tertiary/aromatic N) is 2. The molecule has 2 aliphatic rings. The molecule has 0 aromatic rings. The molecule has 0 saturated carbocycles. The first-order valence-electron chi connectivity index (χ1n) is 9.72. The molecule has 4 heteroatoms. The van der Waals surface area contributed by atoms with Gasteiger partial charge in [-0.3, -0.25) is 9.59 Å². The summed E-state index contributed by atoms with van der Waals surface area (Å²) in [7, 11) is 0. The second kappa shape index (κ2) is 9.94. The van der Waals surface area contributed by atoms with Crippen LogP contribution in [0.5, 0.6) is 0 Å². The minimum atomic E-state index is 0.293. The van der Waals surface area contributed by atoms with Crippen molar-refractivity contribution in [2.45, 2.75) is 77.6 Å². The van der Waals surface area contributed by atoms with Crippen LogP contribution >= 0.6 is 0 Å². The fourth-order valence-electron chi connectivity index (χ4n) is 3.70. The lowest BCUT2D eigenvalue weighted by Crippen LogP contribution is -2.33. The van der Waals surface area contributed by atoms with Crippen molar-refractivity contribution in [2.75, 3.05) is 26.2 Å². The van der Waals surface area contributed by atoms with Gasteiger partial charge in [-0.25, -0.2) is 0 Å². The smallest absolute Gasteiger partial charge is 0.222 e. The minimum absolute atomic E-state index is 0.293. The zero-order valence-electron chi connectivity index (χ0n) is 14.9. The van der Waals surface area contributed by atoms with Crippen molar-refractivity contribution in [2.24, 2.45) is 5.92 Å². The summed E-state index contributed by atoms with van der Waals surface area (Å²) in [6, 6.07) is 0. The van der Waals surface area contributed by atoms with Gasteiger partial charge in [0, 0.05) is 39.0 Å². The predicted molar refractivity (Wildman–Crippen MR) is 93.1 cm³/mol. The van der Waals surface area contributed by atoms with Gasteiger partial charge in [-0.2, -0.15) is 0 Å². The molecule has 2 amide bonds. The van der Waals surface area contributed by atoms with Gasteiger partial charge in [0.1, 0.15) is 0 Å². The minimum Gasteiger partial charge on any atom is -0.343 e. The Hall–Kier alpha value is -1.06. The van der Waals surface area contributed by atoms with Crippen LogP contribution in [0.4, 0.5) is 0 Å². The molecular weight excluding hydrogens is 288 g/mol. The molecule has 0 N–H and O–H groups in total. The third-order valence-electron chi connectivity index (χ3n) is 5.29. The molecule has 0 radical (unpaired) electrons. The molecule has 2 rings (SSSR count). The zero-order chi connectivity index (χ0) is 16.5. The Bertz CT molecular complexity index is 368. The van der Waals surface area contributed by atoms with Gasteiger partial charge < -0.3 is 9.80 Å². The molecule has 2 heterocycles. The molecular formula is C19H34N2O2. The van der Waals surface area contributed by atoms with Gasteiger partial charge in [0.2, 0.25) is 11.8 Å². The van der Waals surface area contributed by atoms with Gasteiger partial charge >= 0.3 is 0 Å². The molecule has 4 nitrogen and oxygen atoms in total. The average Bonchev–Trinajstić information content (AvgIpc) is 2.97. The molecule has 0 aromatic carbocycles. The maximum absolute atomic E-state index is 12.4. The van der Waals surface area contributed by atoms with E-state index in [4.69, 9.17) is 0 Å². The van der Waals surface area contributed by atoms with Crippen molar-refractivity contribution >= 4 is 11.8 Å². The first-order chi connectivity index (χ1) is 11.2. The van der Waals surface area contributed by atoms with Crippen LogP contribution in [-0.4, -0.2) is 47.8 Å². The Labute approximate surface area is 141 Å². The summed E-state index contributed by atoms with van der Waals surface area (Å²) in [6.45, 7) is 5.84. The monoisotopic (exact) mass is 322 g/mol. The van der Waals surface area contributed by atoms with Crippen molar-refractivity contribution in [1.29, 1.82) is 0 Å². The summed E-state index contributed by atoms with van der Waals surface area (Å²) in [5.41, 5.74) is 0. The van der Waals surface area contributed by atoms with E-state index in [2.05, 4.69) is 6.92 Å². The van der Waals surface area contributed by atoms with E-state index in [-0.39, 0.29) is 0 Å². The van der Waals surface area contributed by atoms with Crippen LogP contribution in [0, 0.1) is 5.92 Å². The van der Waals surface area contributed by atoms with Crippen LogP contribution in [-0.2, 0) is 9.59 Å². The third kappa shape index (κ3) is 6.52. The van der Waals surface area contributed by atoms with E-state index in [1.54, 1.807) is 0 Å². The van der Waals surface area contributed by atoms with Crippen molar-refractivity contribution in [3.63, 3.8) is 0 Å². The normalized spacial score (nSPS) is 21.4. The molecule has 23 heavy (non-hydrogen) atoms. The van der Waals surface area contributed by atoms with Crippen LogP contribution in [0.15, 0.2) is 0 Å². The molecule has 1 atom stereocenters. The van der Waals surface area contributed by atoms with Crippen molar-refractivity contribution < 1.29 is 9.59 Å². The number of hydrogen-bond acceptors (Lipinski definition) is 2. The van der Waals surface area contributed by atoms with Crippen LogP contribution in [0.25, 0.3) is 0 Å². The Kier molecular flexibility index (Phi) is 7.90. The van der Waals surface area contributed by atoms with Crippen molar-refractivity contribution in [1.82, 2.24) is 9.80 Å². The number of amides is 2. The quantitative estimate of drug-likeness (QED) is 0.776. The van der Waals surface area contributed by atoms with E-state index in [0.29, 0.717) is 30.6 Å². The SMILES string of the molecule is C[C@@H](CCC(=O)N1CCCCCC1)CC(=O)N1CCCCCC1. The van der Waals surface area contributed by atoms with E-state index in [0.717, 1.165) is 58.3 Å². The number of carbonyl (C=O) groups is 2. The Morgan fingerprint density at radius 3 is 1.65 bits per heavy atom. The maximum atomic E-state index is 12.4. The van der Waals surface area contributed by atoms with E-state index >= 15 is 0 Å². The highest BCUT2D eigenvalue weighted by Crippen LogP contribution is 2.17. The highest BCUT2D eigenvalue weighted by atomic mass is 16.2. The molecule has 2 aliphatic heterocycles. The first kappa shape index (κ1) is 18.3. The number of hydrogen-bond donors (Lipinski definition) is 0. The fraction of sp³-hybridized carbons (Fsp3) is 0.895. The van der Waals surface area contributed by atoms with Gasteiger partial charge in [-0.1, -0.05) is 32.6 Å². The maximum Gasteiger partial charge on any atom is 0.222 e. The van der Waals surface area contributed by atoms with Crippen LogP contribution in [0.1, 0.15) is 77.6 Å². The van der Waals surface area contributed by atoms with Gasteiger partial charge in [-0.05, 0) is 38.0 Å². The highest BCUT2D eigenvalue weighted by Gasteiger charge is 2.20. The topological polar surface area (TPSA) is 40.6 Å². The van der Waals surface area contributed by atoms with E-state index in [9.17, 15) is 9.59 Å². The number of likely N-dealkylation sites (tertiary alicyclic amines) is 2. The molecule has 2 saturated heterocycles. The molecule has 0 bridgehead atoms. The molecule has 0 unspecified atom stereocenters. The lowest BCUT2D eigenvalue weighted by Gasteiger charge is -2.23. The summed E-state index contributed by atoms with van der Waals surface area (Å²) >= 11 is 0. The second-order valence-corrected chi connectivity index (χ2v) is 7.44. The van der Waals surface area contributed by atoms with Gasteiger partial charge in [0.25, 0.3) is 0 Å². The summed E-state index contributed by atoms with van der Waals surface area (Å²) in [4.78, 5) is 28.8. The molecule has 0 spiro atoms. The predicted octanol–water partition coefficient (Wildman–Crippen LogP) is 3.60. The largest absolute Gasteiger partial charge is 0.343 e. The summed E-state index contributed by atoms with van der Waals surface area (Å²) < 4.78 is 0. The average molecular weight is 322 g/mol. The van der Waals surface area contributed by atoms with E-state index in [1.807, 2.05) is 9.80 Å². The standard InChI is InChI=1S/C19H34N2O2/c1-17(16-19(23)21-14-8-4-5-9-15-21)10-11-18(22)20-12-6-2-3-7-13-20/h17H,2-16H2,1H3/t17-/m0/s1. The first-order valence-corrected chi connectivity index (χ1v) is 9.72. The van der Waals surface area contributed by atoms with Gasteiger partial charge in [0.15, 0.2) is 0 Å². The van der Waals surface area contributed by atoms with Crippen molar-refractivity contribution in [3.8, 4) is 0 Å². The van der Waals surface area contributed by atoms with E-state index in [1.165, 1.54) is 25.7 Å². The second-order valence-electron chi connectivity index (χ2n) is 7.44. The van der Waals surface area contributed by atoms with Gasteiger partial charge in [0.05, 0.1) is 0 Å². The van der Waals surface area contributed by atoms with Gasteiger partial charge in [-0.15, -0.1) is 0 Å². The molecule has 2 fully saturated rings. The third-order valence-corrected chi connectivity index (χ3v) is 5.29. The highest BCUT2D eigenvalue weighted by molar-refractivity contribution is 5.77. The molecule has 132 valence electrons. The van der Waals surface area contributed by atoms with Crippen LogP contribution in [0.3, 0.4) is 0 Å². The van der Waals surface area contributed by atoms with E-state index < -0.39 is 0 Å². The molecule has 0 aliphatic carbocycles. The number of rotatable bonds is 5. The fourth-order valence-corrected chi connectivity index (χ4v) is 3.70. The summed E-state index contributed by atoms with van der Waals surface area (Å²) in [5, 5.41) is 0. The Morgan fingerprint density at radius 2 is 1.17 bits per heavy atom. The number of carbonyl (C=O) groups excluding carboxylic acids is 2. The Morgan fingerprint density at radius 1 is 0.739 bits per heavy atom. The van der Waals surface area contributed by atoms with Crippen LogP contribution in [0.2, 0.25) is 0 Å². The lowest BCUT2D eigenvalue weighted by molar-refractivity contribution is -0.134. The zero-order valence-corrected chi connectivity index (χ0v) is 14.9. The van der Waals surface area contributed by atoms with Crippen LogP contribution < -0.4 is 0 Å². The lowest BCUT2D eigenvalue weighted by atomic mass is 10.0. The summed E-state index contributed by atoms with van der Waals surface area (Å²) in [6.07, 6.45) is 11.7.